The smallest absolute Gasteiger partial charge is 0.457 e. The molecule has 0 aliphatic carbocycles. The van der Waals surface area contributed by atoms with Crippen molar-refractivity contribution >= 4 is 13.8 Å². The maximum Gasteiger partial charge on any atom is 0.472 e. The van der Waals surface area contributed by atoms with Gasteiger partial charge in [0.25, 0.3) is 0 Å². The van der Waals surface area contributed by atoms with E-state index in [4.69, 9.17) is 23.6 Å². The van der Waals surface area contributed by atoms with Crippen LogP contribution in [0.4, 0.5) is 0 Å². The fraction of sp³-hybridized carbons (Fsp3) is 0.761. The lowest BCUT2D eigenvalue weighted by Gasteiger charge is -2.20. The Labute approximate surface area is 342 Å². The number of hydrogen-bond acceptors (Lipinski definition) is 8. The SMILES string of the molecule is CC/C=C\C/C=C\C/C=C\C/C=C\CCCCCCC(=O)OC(COCCCCCCCCCC/C=C\CCCCCCCC)COP(=O)(O)OCC(O)CO. The zero-order chi connectivity index (χ0) is 41.1. The second kappa shape index (κ2) is 42.8. The van der Waals surface area contributed by atoms with Crippen LogP contribution in [0, 0.1) is 0 Å². The Morgan fingerprint density at radius 2 is 1.02 bits per heavy atom. The molecule has 0 saturated carbocycles. The Kier molecular flexibility index (Phi) is 41.4. The van der Waals surface area contributed by atoms with E-state index in [1.807, 2.05) is 0 Å². The van der Waals surface area contributed by atoms with Gasteiger partial charge in [-0.05, 0) is 77.0 Å². The zero-order valence-electron chi connectivity index (χ0n) is 35.6. The summed E-state index contributed by atoms with van der Waals surface area (Å²) in [6.07, 6.45) is 48.9. The second-order valence-corrected chi connectivity index (χ2v) is 16.1. The van der Waals surface area contributed by atoms with E-state index >= 15 is 0 Å². The van der Waals surface area contributed by atoms with Gasteiger partial charge < -0.3 is 24.6 Å². The Bertz CT molecular complexity index is 1060. The van der Waals surface area contributed by atoms with Crippen LogP contribution in [-0.2, 0) is 27.9 Å². The van der Waals surface area contributed by atoms with Gasteiger partial charge >= 0.3 is 13.8 Å². The number of carbonyl (C=O) groups is 1. The van der Waals surface area contributed by atoms with Crippen molar-refractivity contribution in [1.82, 2.24) is 0 Å². The molecule has 326 valence electrons. The molecule has 0 fully saturated rings. The van der Waals surface area contributed by atoms with E-state index in [9.17, 15) is 19.4 Å². The average Bonchev–Trinajstić information content (AvgIpc) is 3.19. The van der Waals surface area contributed by atoms with Crippen LogP contribution >= 0.6 is 7.82 Å². The van der Waals surface area contributed by atoms with E-state index < -0.39 is 45.8 Å². The van der Waals surface area contributed by atoms with Gasteiger partial charge in [-0.3, -0.25) is 13.8 Å². The number of allylic oxidation sites excluding steroid dienone is 10. The maximum atomic E-state index is 12.6. The quantitative estimate of drug-likeness (QED) is 0.0239. The molecule has 0 bridgehead atoms. The first kappa shape index (κ1) is 54.2. The first-order chi connectivity index (χ1) is 27.3. The van der Waals surface area contributed by atoms with Crippen molar-refractivity contribution in [1.29, 1.82) is 0 Å². The van der Waals surface area contributed by atoms with E-state index in [1.54, 1.807) is 0 Å². The van der Waals surface area contributed by atoms with Gasteiger partial charge in [0.05, 0.1) is 26.4 Å². The van der Waals surface area contributed by atoms with Crippen molar-refractivity contribution in [3.05, 3.63) is 60.8 Å². The molecule has 56 heavy (non-hydrogen) atoms. The second-order valence-electron chi connectivity index (χ2n) is 14.7. The summed E-state index contributed by atoms with van der Waals surface area (Å²) < 4.78 is 33.4. The highest BCUT2D eigenvalue weighted by molar-refractivity contribution is 7.47. The van der Waals surface area contributed by atoms with Crippen LogP contribution < -0.4 is 0 Å². The number of aliphatic hydroxyl groups is 2. The third kappa shape index (κ3) is 41.8. The number of phosphoric ester groups is 1. The van der Waals surface area contributed by atoms with E-state index in [2.05, 4.69) is 74.6 Å². The lowest BCUT2D eigenvalue weighted by Crippen LogP contribution is -2.29. The van der Waals surface area contributed by atoms with Crippen molar-refractivity contribution in [2.24, 2.45) is 0 Å². The summed E-state index contributed by atoms with van der Waals surface area (Å²) in [5, 5.41) is 18.4. The Morgan fingerprint density at radius 3 is 1.55 bits per heavy atom. The Hall–Kier alpha value is -1.84. The highest BCUT2D eigenvalue weighted by atomic mass is 31.2. The number of rotatable bonds is 42. The van der Waals surface area contributed by atoms with Crippen molar-refractivity contribution in [2.45, 2.75) is 193 Å². The summed E-state index contributed by atoms with van der Waals surface area (Å²) in [6, 6.07) is 0. The molecule has 0 aliphatic rings. The van der Waals surface area contributed by atoms with Gasteiger partial charge in [-0.1, -0.05) is 158 Å². The standard InChI is InChI=1S/C46H83O9P/c1-3-5-7-9-11-13-15-17-19-21-23-25-27-29-31-33-35-37-39-52-42-45(43-54-56(50,51)53-41-44(48)40-47)55-46(49)38-36-34-32-30-28-26-24-22-20-18-16-14-12-10-8-6-4-2/h6,8,12,14,17-20,24,26,44-45,47-48H,3-5,7,9-11,13,15-16,21-23,25,27-43H2,1-2H3,(H,50,51)/b8-6-,14-12-,19-17-,20-18-,26-24-. The molecule has 0 saturated heterocycles. The molecule has 3 unspecified atom stereocenters. The lowest BCUT2D eigenvalue weighted by atomic mass is 10.1. The van der Waals surface area contributed by atoms with Crippen LogP contribution in [0.2, 0.25) is 0 Å². The minimum Gasteiger partial charge on any atom is -0.457 e. The number of hydrogen-bond donors (Lipinski definition) is 3. The van der Waals surface area contributed by atoms with E-state index in [0.29, 0.717) is 13.0 Å². The van der Waals surface area contributed by atoms with Gasteiger partial charge in [-0.15, -0.1) is 0 Å². The molecule has 0 aromatic rings. The first-order valence-electron chi connectivity index (χ1n) is 22.3. The Balaban J connectivity index is 4.21. The summed E-state index contributed by atoms with van der Waals surface area (Å²) in [7, 11) is -4.53. The summed E-state index contributed by atoms with van der Waals surface area (Å²) in [5.41, 5.74) is 0. The molecule has 9 nitrogen and oxygen atoms in total. The van der Waals surface area contributed by atoms with Gasteiger partial charge in [-0.25, -0.2) is 4.57 Å². The van der Waals surface area contributed by atoms with Crippen molar-refractivity contribution < 1.29 is 43.0 Å². The van der Waals surface area contributed by atoms with Crippen LogP contribution in [0.1, 0.15) is 181 Å². The normalized spacial score (nSPS) is 14.6. The van der Waals surface area contributed by atoms with Crippen LogP contribution in [0.25, 0.3) is 0 Å². The molecule has 0 heterocycles. The highest BCUT2D eigenvalue weighted by Gasteiger charge is 2.26. The highest BCUT2D eigenvalue weighted by Crippen LogP contribution is 2.43. The van der Waals surface area contributed by atoms with Gasteiger partial charge in [0, 0.05) is 13.0 Å². The van der Waals surface area contributed by atoms with Crippen LogP contribution in [0.3, 0.4) is 0 Å². The number of esters is 1. The average molecular weight is 811 g/mol. The van der Waals surface area contributed by atoms with Crippen molar-refractivity contribution in [3.8, 4) is 0 Å². The third-order valence-electron chi connectivity index (χ3n) is 9.19. The van der Waals surface area contributed by atoms with Crippen molar-refractivity contribution in [2.75, 3.05) is 33.0 Å². The van der Waals surface area contributed by atoms with Crippen molar-refractivity contribution in [3.63, 3.8) is 0 Å². The van der Waals surface area contributed by atoms with Crippen LogP contribution in [0.15, 0.2) is 60.8 Å². The van der Waals surface area contributed by atoms with E-state index in [-0.39, 0.29) is 13.0 Å². The third-order valence-corrected chi connectivity index (χ3v) is 10.1. The molecule has 0 amide bonds. The fourth-order valence-corrected chi connectivity index (χ4v) is 6.60. The minimum absolute atomic E-state index is 0.0350. The summed E-state index contributed by atoms with van der Waals surface area (Å²) in [4.78, 5) is 22.6. The molecule has 0 aliphatic heterocycles. The predicted molar refractivity (Wildman–Crippen MR) is 233 cm³/mol. The summed E-state index contributed by atoms with van der Waals surface area (Å²) >= 11 is 0. The van der Waals surface area contributed by atoms with Crippen LogP contribution in [-0.4, -0.2) is 66.3 Å². The number of carbonyl (C=O) groups excluding carboxylic acids is 1. The zero-order valence-corrected chi connectivity index (χ0v) is 36.5. The maximum absolute atomic E-state index is 12.6. The fourth-order valence-electron chi connectivity index (χ4n) is 5.81. The number of phosphoric acid groups is 1. The monoisotopic (exact) mass is 811 g/mol. The molecular weight excluding hydrogens is 727 g/mol. The molecule has 3 atom stereocenters. The van der Waals surface area contributed by atoms with E-state index in [0.717, 1.165) is 70.6 Å². The van der Waals surface area contributed by atoms with E-state index in [1.165, 1.54) is 83.5 Å². The molecule has 3 N–H and O–H groups in total. The lowest BCUT2D eigenvalue weighted by molar-refractivity contribution is -0.154. The molecule has 0 radical (unpaired) electrons. The number of ether oxygens (including phenoxy) is 2. The molecule has 10 heteroatoms. The summed E-state index contributed by atoms with van der Waals surface area (Å²) in [5.74, 6) is -0.408. The summed E-state index contributed by atoms with van der Waals surface area (Å²) in [6.45, 7) is 3.36. The first-order valence-corrected chi connectivity index (χ1v) is 23.8. The predicted octanol–water partition coefficient (Wildman–Crippen LogP) is 12.4. The van der Waals surface area contributed by atoms with Gasteiger partial charge in [0.15, 0.2) is 0 Å². The molecule has 0 aromatic heterocycles. The largest absolute Gasteiger partial charge is 0.472 e. The molecular formula is C46H83O9P. The molecule has 0 rings (SSSR count). The van der Waals surface area contributed by atoms with Gasteiger partial charge in [0.1, 0.15) is 12.2 Å². The topological polar surface area (TPSA) is 132 Å². The molecule has 0 spiro atoms. The van der Waals surface area contributed by atoms with Gasteiger partial charge in [0.2, 0.25) is 0 Å². The molecule has 0 aromatic carbocycles. The van der Waals surface area contributed by atoms with Gasteiger partial charge in [-0.2, -0.15) is 0 Å². The minimum atomic E-state index is -4.53. The number of unbranched alkanes of at least 4 members (excludes halogenated alkanes) is 18. The number of aliphatic hydroxyl groups excluding tert-OH is 2. The Morgan fingerprint density at radius 1 is 0.571 bits per heavy atom. The van der Waals surface area contributed by atoms with Crippen LogP contribution in [0.5, 0.6) is 0 Å².